The van der Waals surface area contributed by atoms with Crippen LogP contribution in [0.3, 0.4) is 0 Å². The molecule has 0 atom stereocenters. The fourth-order valence-electron chi connectivity index (χ4n) is 12.8. The Morgan fingerprint density at radius 1 is 0.227 bits per heavy atom. The number of aromatic nitrogens is 2. The number of rotatable bonds is 6. The molecule has 350 valence electrons. The normalized spacial score (nSPS) is 13.8. The molecule has 0 bridgehead atoms. The lowest BCUT2D eigenvalue weighted by molar-refractivity contribution is 0.606. The standard InChI is InChI=1S/C72H46N2S/c1-3-19-47(20-4-1)51-23-17-25-54(43-51)66-46-67(55-26-18-24-52(44-55)48-21-5-2-6-22-48)74-70(73-66)50-39-37-49(38-40-50)53-41-42-69-65(45-53)72(64-35-15-16-36-68(64)75-69)62-33-13-11-31-60(62)71(61-32-12-14-34-63(61)72)58-29-9-7-27-56(58)57-28-8-10-30-59(57)71/h1-46H. The van der Waals surface area contributed by atoms with Crippen molar-refractivity contribution in [2.24, 2.45) is 0 Å². The quantitative estimate of drug-likeness (QED) is 0.166. The molecule has 0 unspecified atom stereocenters. The molecule has 2 spiro atoms. The maximum absolute atomic E-state index is 5.34. The summed E-state index contributed by atoms with van der Waals surface area (Å²) < 4.78 is 0. The highest BCUT2D eigenvalue weighted by Crippen LogP contribution is 2.67. The van der Waals surface area contributed by atoms with E-state index in [1.807, 2.05) is 11.8 Å². The van der Waals surface area contributed by atoms with E-state index < -0.39 is 10.8 Å². The van der Waals surface area contributed by atoms with Gasteiger partial charge in [0.1, 0.15) is 0 Å². The fraction of sp³-hybridized carbons (Fsp3) is 0.0278. The van der Waals surface area contributed by atoms with Gasteiger partial charge in [-0.05, 0) is 125 Å². The van der Waals surface area contributed by atoms with Crippen molar-refractivity contribution in [3.05, 3.63) is 324 Å². The molecule has 0 saturated carbocycles. The van der Waals surface area contributed by atoms with E-state index in [0.717, 1.165) is 50.3 Å². The molecule has 0 N–H and O–H groups in total. The molecule has 1 aromatic heterocycles. The van der Waals surface area contributed by atoms with Gasteiger partial charge in [0.2, 0.25) is 0 Å². The van der Waals surface area contributed by atoms with Crippen LogP contribution in [0.2, 0.25) is 0 Å². The smallest absolute Gasteiger partial charge is 0.160 e. The summed E-state index contributed by atoms with van der Waals surface area (Å²) in [5, 5.41) is 0. The second-order valence-electron chi connectivity index (χ2n) is 19.9. The minimum Gasteiger partial charge on any atom is -0.228 e. The van der Waals surface area contributed by atoms with E-state index in [1.54, 1.807) is 0 Å². The molecule has 0 amide bonds. The Balaban J connectivity index is 0.884. The van der Waals surface area contributed by atoms with E-state index in [9.17, 15) is 0 Å². The molecular weight excluding hydrogens is 925 g/mol. The van der Waals surface area contributed by atoms with Gasteiger partial charge in [-0.25, -0.2) is 9.97 Å². The predicted molar refractivity (Wildman–Crippen MR) is 308 cm³/mol. The first kappa shape index (κ1) is 43.4. The van der Waals surface area contributed by atoms with Crippen molar-refractivity contribution >= 4 is 11.8 Å². The van der Waals surface area contributed by atoms with Crippen LogP contribution in [0.15, 0.2) is 289 Å². The Hall–Kier alpha value is -9.15. The zero-order valence-electron chi connectivity index (χ0n) is 40.9. The average molecular weight is 971 g/mol. The Morgan fingerprint density at radius 3 is 1.12 bits per heavy atom. The summed E-state index contributed by atoms with van der Waals surface area (Å²) in [4.78, 5) is 13.2. The van der Waals surface area contributed by atoms with Crippen molar-refractivity contribution in [1.82, 2.24) is 9.97 Å². The summed E-state index contributed by atoms with van der Waals surface area (Å²) >= 11 is 1.89. The van der Waals surface area contributed by atoms with Crippen LogP contribution in [0.1, 0.15) is 44.5 Å². The minimum absolute atomic E-state index is 0.493. The molecule has 1 aliphatic heterocycles. The van der Waals surface area contributed by atoms with Gasteiger partial charge in [0.25, 0.3) is 0 Å². The lowest BCUT2D eigenvalue weighted by atomic mass is 9.51. The number of benzene rings is 11. The summed E-state index contributed by atoms with van der Waals surface area (Å²) in [6, 6.07) is 103. The third-order valence-electron chi connectivity index (χ3n) is 16.1. The van der Waals surface area contributed by atoms with Crippen molar-refractivity contribution in [1.29, 1.82) is 0 Å². The van der Waals surface area contributed by atoms with Crippen molar-refractivity contribution in [3.63, 3.8) is 0 Å². The minimum atomic E-state index is -0.599. The highest BCUT2D eigenvalue weighted by Gasteiger charge is 2.58. The first-order valence-corrected chi connectivity index (χ1v) is 26.6. The lowest BCUT2D eigenvalue weighted by Crippen LogP contribution is -2.45. The third kappa shape index (κ3) is 6.61. The second-order valence-corrected chi connectivity index (χ2v) is 21.0. The molecule has 0 fully saturated rings. The first-order valence-electron chi connectivity index (χ1n) is 25.8. The molecule has 15 rings (SSSR count). The van der Waals surface area contributed by atoms with Gasteiger partial charge in [-0.2, -0.15) is 0 Å². The molecule has 11 aromatic carbocycles. The van der Waals surface area contributed by atoms with Crippen LogP contribution >= 0.6 is 11.8 Å². The topological polar surface area (TPSA) is 25.8 Å². The van der Waals surface area contributed by atoms with E-state index in [0.29, 0.717) is 5.82 Å². The molecule has 2 nitrogen and oxygen atoms in total. The molecule has 0 saturated heterocycles. The summed E-state index contributed by atoms with van der Waals surface area (Å²) in [7, 11) is 0. The zero-order valence-corrected chi connectivity index (χ0v) is 41.7. The number of hydrogen-bond acceptors (Lipinski definition) is 3. The van der Waals surface area contributed by atoms with Crippen LogP contribution < -0.4 is 0 Å². The predicted octanol–water partition coefficient (Wildman–Crippen LogP) is 18.0. The van der Waals surface area contributed by atoms with Crippen LogP contribution in [0.25, 0.3) is 78.4 Å². The first-order chi connectivity index (χ1) is 37.2. The van der Waals surface area contributed by atoms with Crippen molar-refractivity contribution in [3.8, 4) is 78.4 Å². The maximum Gasteiger partial charge on any atom is 0.160 e. The van der Waals surface area contributed by atoms with Crippen LogP contribution in [0, 0.1) is 0 Å². The fourth-order valence-corrected chi connectivity index (χ4v) is 14.0. The SMILES string of the molecule is c1ccc(-c2cccc(-c3cc(-c4cccc(-c5ccccc5)c4)nc(-c4ccc(-c5ccc6c(c5)C5(c7ccccc7S6)c6ccccc6C6(c7ccccc7-c7ccccc76)c6ccccc65)cc4)n3)c2)cc1. The van der Waals surface area contributed by atoms with Crippen molar-refractivity contribution in [2.75, 3.05) is 0 Å². The summed E-state index contributed by atoms with van der Waals surface area (Å²) in [5.74, 6) is 0.682. The van der Waals surface area contributed by atoms with Crippen LogP contribution in [-0.4, -0.2) is 9.97 Å². The van der Waals surface area contributed by atoms with Gasteiger partial charge in [-0.1, -0.05) is 254 Å². The third-order valence-corrected chi connectivity index (χ3v) is 17.2. The Morgan fingerprint density at radius 2 is 0.587 bits per heavy atom. The summed E-state index contributed by atoms with van der Waals surface area (Å²) in [6.07, 6.45) is 0. The van der Waals surface area contributed by atoms with Crippen LogP contribution in [-0.2, 0) is 10.8 Å². The van der Waals surface area contributed by atoms with E-state index in [-0.39, 0.29) is 0 Å². The largest absolute Gasteiger partial charge is 0.228 e. The Bertz CT molecular complexity index is 4020. The molecule has 2 heterocycles. The Labute approximate surface area is 441 Å². The molecule has 75 heavy (non-hydrogen) atoms. The van der Waals surface area contributed by atoms with Crippen LogP contribution in [0.5, 0.6) is 0 Å². The highest BCUT2D eigenvalue weighted by atomic mass is 32.2. The number of hydrogen-bond donors (Lipinski definition) is 0. The monoisotopic (exact) mass is 970 g/mol. The van der Waals surface area contributed by atoms with Gasteiger partial charge >= 0.3 is 0 Å². The molecule has 12 aromatic rings. The van der Waals surface area contributed by atoms with E-state index in [4.69, 9.17) is 9.97 Å². The molecule has 2 aliphatic carbocycles. The molecule has 3 aliphatic rings. The van der Waals surface area contributed by atoms with Gasteiger partial charge < -0.3 is 0 Å². The van der Waals surface area contributed by atoms with E-state index in [2.05, 4.69) is 279 Å². The maximum atomic E-state index is 5.34. The Kier molecular flexibility index (Phi) is 9.98. The molecule has 0 radical (unpaired) electrons. The number of nitrogens with zero attached hydrogens (tertiary/aromatic N) is 2. The van der Waals surface area contributed by atoms with Gasteiger partial charge in [-0.3, -0.25) is 0 Å². The lowest BCUT2D eigenvalue weighted by Gasteiger charge is -2.51. The second kappa shape index (κ2) is 17.2. The summed E-state index contributed by atoms with van der Waals surface area (Å²) in [5.41, 5.74) is 23.9. The van der Waals surface area contributed by atoms with Gasteiger partial charge in [-0.15, -0.1) is 0 Å². The van der Waals surface area contributed by atoms with Gasteiger partial charge in [0.05, 0.1) is 22.2 Å². The number of fused-ring (bicyclic) bond motifs is 15. The van der Waals surface area contributed by atoms with Crippen molar-refractivity contribution in [2.45, 2.75) is 20.6 Å². The average Bonchev–Trinajstić information content (AvgIpc) is 4.08. The van der Waals surface area contributed by atoms with Gasteiger partial charge in [0, 0.05) is 26.5 Å². The van der Waals surface area contributed by atoms with Crippen LogP contribution in [0.4, 0.5) is 0 Å². The summed E-state index contributed by atoms with van der Waals surface area (Å²) in [6.45, 7) is 0. The van der Waals surface area contributed by atoms with E-state index in [1.165, 1.54) is 76.6 Å². The highest BCUT2D eigenvalue weighted by molar-refractivity contribution is 7.99. The zero-order chi connectivity index (χ0) is 49.5. The van der Waals surface area contributed by atoms with E-state index >= 15 is 0 Å². The van der Waals surface area contributed by atoms with Gasteiger partial charge in [0.15, 0.2) is 5.82 Å². The molecule has 3 heteroatoms. The van der Waals surface area contributed by atoms with Crippen molar-refractivity contribution < 1.29 is 0 Å². The molecular formula is C72H46N2S.